The van der Waals surface area contributed by atoms with Gasteiger partial charge < -0.3 is 15.1 Å². The first-order chi connectivity index (χ1) is 11.6. The van der Waals surface area contributed by atoms with E-state index in [9.17, 15) is 4.79 Å². The number of rotatable bonds is 5. The summed E-state index contributed by atoms with van der Waals surface area (Å²) in [7, 11) is 0. The molecule has 3 aromatic rings. The molecule has 5 nitrogen and oxygen atoms in total. The van der Waals surface area contributed by atoms with E-state index in [0.717, 1.165) is 17.1 Å². The Morgan fingerprint density at radius 2 is 2.00 bits per heavy atom. The quantitative estimate of drug-likeness (QED) is 0.740. The highest BCUT2D eigenvalue weighted by molar-refractivity contribution is 6.04. The average molecular weight is 321 g/mol. The predicted molar refractivity (Wildman–Crippen MR) is 94.1 cm³/mol. The third-order valence-electron chi connectivity index (χ3n) is 3.81. The van der Waals surface area contributed by atoms with Gasteiger partial charge in [0.25, 0.3) is 5.91 Å². The van der Waals surface area contributed by atoms with Crippen LogP contribution in [0.25, 0.3) is 0 Å². The van der Waals surface area contributed by atoms with Gasteiger partial charge in [0.15, 0.2) is 0 Å². The van der Waals surface area contributed by atoms with Gasteiger partial charge in [0.05, 0.1) is 24.7 Å². The number of aryl methyl sites for hydroxylation is 2. The molecule has 1 aromatic carbocycles. The van der Waals surface area contributed by atoms with Crippen LogP contribution < -0.4 is 10.6 Å². The minimum atomic E-state index is -0.142. The molecule has 0 bridgehead atoms. The number of nitrogens with one attached hydrogen (secondary N) is 2. The van der Waals surface area contributed by atoms with E-state index in [2.05, 4.69) is 15.6 Å². The van der Waals surface area contributed by atoms with E-state index in [1.165, 1.54) is 5.56 Å². The monoisotopic (exact) mass is 321 g/mol. The summed E-state index contributed by atoms with van der Waals surface area (Å²) < 4.78 is 5.25. The molecule has 0 aliphatic carbocycles. The summed E-state index contributed by atoms with van der Waals surface area (Å²) in [5.74, 6) is 1.41. The highest BCUT2D eigenvalue weighted by atomic mass is 16.3. The molecule has 0 aliphatic rings. The Bertz CT molecular complexity index is 824. The molecule has 1 amide bonds. The van der Waals surface area contributed by atoms with Crippen molar-refractivity contribution in [2.45, 2.75) is 20.4 Å². The largest absolute Gasteiger partial charge is 0.467 e. The standard InChI is InChI=1S/C19H19N3O2/c1-13-5-6-15(10-14(13)2)19(23)22-16-7-8-18(20-11-16)21-12-17-4-3-9-24-17/h3-11H,12H2,1-2H3,(H,20,21)(H,22,23). The first kappa shape index (κ1) is 15.8. The molecule has 0 spiro atoms. The normalized spacial score (nSPS) is 10.4. The summed E-state index contributed by atoms with van der Waals surface area (Å²) in [5, 5.41) is 6.01. The Kier molecular flexibility index (Phi) is 4.61. The Hall–Kier alpha value is -3.08. The van der Waals surface area contributed by atoms with E-state index >= 15 is 0 Å². The average Bonchev–Trinajstić information content (AvgIpc) is 3.10. The van der Waals surface area contributed by atoms with E-state index in [-0.39, 0.29) is 5.91 Å². The minimum Gasteiger partial charge on any atom is -0.467 e. The fourth-order valence-electron chi connectivity index (χ4n) is 2.25. The van der Waals surface area contributed by atoms with Gasteiger partial charge >= 0.3 is 0 Å². The van der Waals surface area contributed by atoms with Gasteiger partial charge in [-0.2, -0.15) is 0 Å². The number of anilines is 2. The van der Waals surface area contributed by atoms with Crippen molar-refractivity contribution in [2.24, 2.45) is 0 Å². The van der Waals surface area contributed by atoms with Crippen LogP contribution in [-0.2, 0) is 6.54 Å². The van der Waals surface area contributed by atoms with Gasteiger partial charge in [-0.15, -0.1) is 0 Å². The second-order valence-electron chi connectivity index (χ2n) is 5.62. The number of aromatic nitrogens is 1. The van der Waals surface area contributed by atoms with Crippen molar-refractivity contribution >= 4 is 17.4 Å². The molecule has 0 radical (unpaired) electrons. The molecule has 3 rings (SSSR count). The van der Waals surface area contributed by atoms with Crippen LogP contribution in [0.4, 0.5) is 11.5 Å². The van der Waals surface area contributed by atoms with E-state index in [0.29, 0.717) is 17.8 Å². The maximum absolute atomic E-state index is 12.3. The summed E-state index contributed by atoms with van der Waals surface area (Å²) in [5.41, 5.74) is 3.55. The Balaban J connectivity index is 1.60. The van der Waals surface area contributed by atoms with Crippen LogP contribution in [0.15, 0.2) is 59.3 Å². The molecule has 2 aromatic heterocycles. The lowest BCUT2D eigenvalue weighted by Crippen LogP contribution is -2.12. The molecule has 0 unspecified atom stereocenters. The lowest BCUT2D eigenvalue weighted by atomic mass is 10.1. The fourth-order valence-corrected chi connectivity index (χ4v) is 2.25. The van der Waals surface area contributed by atoms with Gasteiger partial charge in [-0.3, -0.25) is 4.79 Å². The number of carbonyl (C=O) groups is 1. The van der Waals surface area contributed by atoms with E-state index < -0.39 is 0 Å². The highest BCUT2D eigenvalue weighted by Crippen LogP contribution is 2.14. The molecule has 2 heterocycles. The van der Waals surface area contributed by atoms with Crippen LogP contribution in [0, 0.1) is 13.8 Å². The zero-order chi connectivity index (χ0) is 16.9. The first-order valence-corrected chi connectivity index (χ1v) is 7.73. The number of furan rings is 1. The SMILES string of the molecule is Cc1ccc(C(=O)Nc2ccc(NCc3ccco3)nc2)cc1C. The van der Waals surface area contributed by atoms with Crippen LogP contribution in [0.2, 0.25) is 0 Å². The fraction of sp³-hybridized carbons (Fsp3) is 0.158. The molecule has 0 saturated heterocycles. The Labute approximate surface area is 140 Å². The number of carbonyl (C=O) groups excluding carboxylic acids is 1. The molecule has 2 N–H and O–H groups in total. The summed E-state index contributed by atoms with van der Waals surface area (Å²) in [4.78, 5) is 16.6. The van der Waals surface area contributed by atoms with Crippen LogP contribution in [0.5, 0.6) is 0 Å². The van der Waals surface area contributed by atoms with Crippen molar-refractivity contribution in [3.05, 3.63) is 77.4 Å². The topological polar surface area (TPSA) is 67.2 Å². The van der Waals surface area contributed by atoms with Crippen LogP contribution in [0.3, 0.4) is 0 Å². The highest BCUT2D eigenvalue weighted by Gasteiger charge is 2.07. The van der Waals surface area contributed by atoms with Gasteiger partial charge in [-0.1, -0.05) is 6.07 Å². The molecule has 0 saturated carbocycles. The summed E-state index contributed by atoms with van der Waals surface area (Å²) >= 11 is 0. The van der Waals surface area contributed by atoms with E-state index in [1.807, 2.05) is 56.3 Å². The number of amides is 1. The zero-order valence-corrected chi connectivity index (χ0v) is 13.7. The van der Waals surface area contributed by atoms with Crippen molar-refractivity contribution in [2.75, 3.05) is 10.6 Å². The number of benzene rings is 1. The Morgan fingerprint density at radius 1 is 1.12 bits per heavy atom. The van der Waals surface area contributed by atoms with Crippen LogP contribution in [-0.4, -0.2) is 10.9 Å². The number of hydrogen-bond donors (Lipinski definition) is 2. The van der Waals surface area contributed by atoms with Crippen LogP contribution in [0.1, 0.15) is 27.2 Å². The lowest BCUT2D eigenvalue weighted by molar-refractivity contribution is 0.102. The van der Waals surface area contributed by atoms with Gasteiger partial charge in [-0.05, 0) is 61.4 Å². The minimum absolute atomic E-state index is 0.142. The second kappa shape index (κ2) is 7.00. The first-order valence-electron chi connectivity index (χ1n) is 7.73. The number of pyridine rings is 1. The van der Waals surface area contributed by atoms with E-state index in [1.54, 1.807) is 12.5 Å². The molecule has 0 aliphatic heterocycles. The second-order valence-corrected chi connectivity index (χ2v) is 5.62. The van der Waals surface area contributed by atoms with Gasteiger partial charge in [-0.25, -0.2) is 4.98 Å². The third-order valence-corrected chi connectivity index (χ3v) is 3.81. The smallest absolute Gasteiger partial charge is 0.255 e. The molecule has 0 atom stereocenters. The zero-order valence-electron chi connectivity index (χ0n) is 13.7. The van der Waals surface area contributed by atoms with Crippen molar-refractivity contribution in [3.8, 4) is 0 Å². The lowest BCUT2D eigenvalue weighted by Gasteiger charge is -2.08. The maximum atomic E-state index is 12.3. The molecule has 0 fully saturated rings. The molecular weight excluding hydrogens is 302 g/mol. The van der Waals surface area contributed by atoms with Crippen molar-refractivity contribution < 1.29 is 9.21 Å². The van der Waals surface area contributed by atoms with Gasteiger partial charge in [0.1, 0.15) is 11.6 Å². The number of nitrogens with zero attached hydrogens (tertiary/aromatic N) is 1. The van der Waals surface area contributed by atoms with Gasteiger partial charge in [0, 0.05) is 5.56 Å². The molecule has 122 valence electrons. The van der Waals surface area contributed by atoms with Crippen molar-refractivity contribution in [1.29, 1.82) is 0 Å². The Morgan fingerprint density at radius 3 is 2.67 bits per heavy atom. The summed E-state index contributed by atoms with van der Waals surface area (Å²) in [6.07, 6.45) is 3.26. The van der Waals surface area contributed by atoms with Crippen molar-refractivity contribution in [3.63, 3.8) is 0 Å². The van der Waals surface area contributed by atoms with Gasteiger partial charge in [0.2, 0.25) is 0 Å². The summed E-state index contributed by atoms with van der Waals surface area (Å²) in [6.45, 7) is 4.58. The third kappa shape index (κ3) is 3.81. The van der Waals surface area contributed by atoms with Crippen molar-refractivity contribution in [1.82, 2.24) is 4.98 Å². The van der Waals surface area contributed by atoms with E-state index in [4.69, 9.17) is 4.42 Å². The molecular formula is C19H19N3O2. The maximum Gasteiger partial charge on any atom is 0.255 e. The molecule has 5 heteroatoms. The predicted octanol–water partition coefficient (Wildman–Crippen LogP) is 4.16. The number of hydrogen-bond acceptors (Lipinski definition) is 4. The van der Waals surface area contributed by atoms with Crippen LogP contribution >= 0.6 is 0 Å². The molecule has 24 heavy (non-hydrogen) atoms. The summed E-state index contributed by atoms with van der Waals surface area (Å²) in [6, 6.07) is 13.0.